The van der Waals surface area contributed by atoms with E-state index in [2.05, 4.69) is 16.9 Å². The number of benzene rings is 1. The Bertz CT molecular complexity index is 472. The van der Waals surface area contributed by atoms with E-state index in [1.165, 1.54) is 5.39 Å². The van der Waals surface area contributed by atoms with Crippen LogP contribution in [0.15, 0.2) is 24.3 Å². The minimum atomic E-state index is 0.778. The van der Waals surface area contributed by atoms with E-state index in [1.807, 2.05) is 18.2 Å². The van der Waals surface area contributed by atoms with Crippen LogP contribution in [0.25, 0.3) is 10.9 Å². The van der Waals surface area contributed by atoms with Crippen LogP contribution in [0.1, 0.15) is 5.69 Å². The highest BCUT2D eigenvalue weighted by atomic mass is 15.4. The predicted octanol–water partition coefficient (Wildman–Crippen LogP) is 0.785. The summed E-state index contributed by atoms with van der Waals surface area (Å²) in [6, 6.07) is 8.10. The molecule has 1 aliphatic rings. The van der Waals surface area contributed by atoms with Crippen molar-refractivity contribution in [3.05, 3.63) is 30.0 Å². The molecule has 0 amide bonds. The van der Waals surface area contributed by atoms with E-state index in [-0.39, 0.29) is 0 Å². The smallest absolute Gasteiger partial charge is 0.0812 e. The highest BCUT2D eigenvalue weighted by Crippen LogP contribution is 2.31. The average Bonchev–Trinajstić information content (AvgIpc) is 2.72. The summed E-state index contributed by atoms with van der Waals surface area (Å²) in [6.07, 6.45) is 0. The summed E-state index contributed by atoms with van der Waals surface area (Å²) in [5.74, 6) is 5.93. The van der Waals surface area contributed by atoms with Gasteiger partial charge < -0.3 is 11.3 Å². The highest BCUT2D eigenvalue weighted by Gasteiger charge is 2.18. The summed E-state index contributed by atoms with van der Waals surface area (Å²) >= 11 is 0. The van der Waals surface area contributed by atoms with Crippen molar-refractivity contribution in [2.75, 3.05) is 11.3 Å². The predicted molar refractivity (Wildman–Crippen MR) is 52.6 cm³/mol. The third-order valence-electron chi connectivity index (χ3n) is 2.48. The van der Waals surface area contributed by atoms with Gasteiger partial charge in [0, 0.05) is 5.39 Å². The van der Waals surface area contributed by atoms with Crippen molar-refractivity contribution < 1.29 is 0 Å². The third-order valence-corrected chi connectivity index (χ3v) is 2.48. The van der Waals surface area contributed by atoms with Crippen molar-refractivity contribution in [1.29, 1.82) is 0 Å². The van der Waals surface area contributed by atoms with Gasteiger partial charge in [-0.3, -0.25) is 4.68 Å². The number of rotatable bonds is 0. The molecule has 0 bridgehead atoms. The second-order valence-corrected chi connectivity index (χ2v) is 3.19. The minimum absolute atomic E-state index is 0.778. The van der Waals surface area contributed by atoms with Gasteiger partial charge in [-0.1, -0.05) is 18.2 Å². The molecule has 0 aliphatic carbocycles. The van der Waals surface area contributed by atoms with Crippen molar-refractivity contribution >= 4 is 16.6 Å². The molecule has 2 aromatic rings. The van der Waals surface area contributed by atoms with E-state index in [4.69, 9.17) is 5.84 Å². The van der Waals surface area contributed by atoms with Gasteiger partial charge >= 0.3 is 0 Å². The van der Waals surface area contributed by atoms with Gasteiger partial charge in [0.25, 0.3) is 0 Å². The van der Waals surface area contributed by atoms with Gasteiger partial charge in [-0.2, -0.15) is 0 Å². The van der Waals surface area contributed by atoms with Gasteiger partial charge in [0.15, 0.2) is 0 Å². The average molecular weight is 174 g/mol. The van der Waals surface area contributed by atoms with Crippen molar-refractivity contribution in [2.24, 2.45) is 0 Å². The summed E-state index contributed by atoms with van der Waals surface area (Å²) in [6.45, 7) is 0.778. The molecule has 0 atom stereocenters. The summed E-state index contributed by atoms with van der Waals surface area (Å²) in [5.41, 5.74) is 9.46. The molecule has 4 nitrogen and oxygen atoms in total. The van der Waals surface area contributed by atoms with Crippen LogP contribution >= 0.6 is 0 Å². The highest BCUT2D eigenvalue weighted by molar-refractivity contribution is 5.95. The molecule has 2 heterocycles. The maximum atomic E-state index is 5.93. The first-order chi connectivity index (χ1) is 6.38. The van der Waals surface area contributed by atoms with Crippen LogP contribution in [0.4, 0.5) is 5.69 Å². The molecule has 66 valence electrons. The quantitative estimate of drug-likeness (QED) is 0.517. The molecular weight excluding hydrogens is 164 g/mol. The molecule has 1 aromatic heterocycles. The maximum Gasteiger partial charge on any atom is 0.0812 e. The molecule has 0 spiro atoms. The molecule has 4 heteroatoms. The number of aromatic nitrogens is 1. The lowest BCUT2D eigenvalue weighted by Gasteiger charge is -1.99. The normalized spacial score (nSPS) is 14.5. The standard InChI is InChI=1S/C9H10N4/c10-13-7-4-2-1-3-6(7)9-8(13)5-11-12-9/h1-4,11-12H,5,10H2. The van der Waals surface area contributed by atoms with Gasteiger partial charge in [-0.05, 0) is 6.07 Å². The first-order valence-electron chi connectivity index (χ1n) is 4.24. The van der Waals surface area contributed by atoms with Crippen molar-refractivity contribution in [3.8, 4) is 0 Å². The molecule has 1 aliphatic heterocycles. The van der Waals surface area contributed by atoms with E-state index in [9.17, 15) is 0 Å². The molecular formula is C9H10N4. The number of nitrogens with one attached hydrogen (secondary N) is 2. The Morgan fingerprint density at radius 3 is 3.08 bits per heavy atom. The Kier molecular flexibility index (Phi) is 1.13. The zero-order valence-electron chi connectivity index (χ0n) is 7.04. The number of nitrogens with zero attached hydrogens (tertiary/aromatic N) is 1. The number of anilines is 1. The third kappa shape index (κ3) is 0.728. The van der Waals surface area contributed by atoms with Crippen molar-refractivity contribution in [2.45, 2.75) is 6.54 Å². The minimum Gasteiger partial charge on any atom is -0.339 e. The number of hydrazine groups is 1. The monoisotopic (exact) mass is 174 g/mol. The molecule has 1 aromatic carbocycles. The lowest BCUT2D eigenvalue weighted by Crippen LogP contribution is -2.16. The molecule has 0 unspecified atom stereocenters. The van der Waals surface area contributed by atoms with E-state index in [1.54, 1.807) is 4.68 Å². The number of nitrogen functional groups attached to an aromatic ring is 1. The number of nitrogens with two attached hydrogens (primary N) is 1. The largest absolute Gasteiger partial charge is 0.339 e. The molecule has 0 saturated heterocycles. The lowest BCUT2D eigenvalue weighted by atomic mass is 10.2. The first-order valence-corrected chi connectivity index (χ1v) is 4.24. The van der Waals surface area contributed by atoms with Gasteiger partial charge in [0.2, 0.25) is 0 Å². The van der Waals surface area contributed by atoms with Gasteiger partial charge in [0.05, 0.1) is 23.4 Å². The molecule has 0 radical (unpaired) electrons. The number of fused-ring (bicyclic) bond motifs is 3. The van der Waals surface area contributed by atoms with Crippen LogP contribution in [0.3, 0.4) is 0 Å². The van der Waals surface area contributed by atoms with Crippen molar-refractivity contribution in [3.63, 3.8) is 0 Å². The zero-order chi connectivity index (χ0) is 8.84. The molecule has 4 N–H and O–H groups in total. The number of hydrogen-bond donors (Lipinski definition) is 3. The van der Waals surface area contributed by atoms with Crippen LogP contribution in [-0.4, -0.2) is 4.68 Å². The fourth-order valence-electron chi connectivity index (χ4n) is 1.85. The number of para-hydroxylation sites is 1. The van der Waals surface area contributed by atoms with E-state index in [0.717, 1.165) is 23.4 Å². The van der Waals surface area contributed by atoms with E-state index >= 15 is 0 Å². The fourth-order valence-corrected chi connectivity index (χ4v) is 1.85. The fraction of sp³-hybridized carbons (Fsp3) is 0.111. The molecule has 3 rings (SSSR count). The Labute approximate surface area is 75.3 Å². The second kappa shape index (κ2) is 2.17. The Balaban J connectivity index is 2.49. The SMILES string of the molecule is Nn1c2c(c3ccccc31)NNC2. The first kappa shape index (κ1) is 6.80. The summed E-state index contributed by atoms with van der Waals surface area (Å²) in [5, 5.41) is 1.17. The topological polar surface area (TPSA) is 55.0 Å². The second-order valence-electron chi connectivity index (χ2n) is 3.19. The van der Waals surface area contributed by atoms with Gasteiger partial charge in [0.1, 0.15) is 0 Å². The summed E-state index contributed by atoms with van der Waals surface area (Å²) < 4.78 is 1.73. The molecule has 0 fully saturated rings. The molecule has 0 saturated carbocycles. The Hall–Kier alpha value is -1.68. The number of hydrogen-bond acceptors (Lipinski definition) is 3. The van der Waals surface area contributed by atoms with Crippen LogP contribution in [0.5, 0.6) is 0 Å². The zero-order valence-corrected chi connectivity index (χ0v) is 7.04. The van der Waals surface area contributed by atoms with Crippen LogP contribution in [-0.2, 0) is 6.54 Å². The van der Waals surface area contributed by atoms with Gasteiger partial charge in [-0.15, -0.1) is 0 Å². The Morgan fingerprint density at radius 1 is 1.31 bits per heavy atom. The van der Waals surface area contributed by atoms with Gasteiger partial charge in [-0.25, -0.2) is 5.43 Å². The maximum absolute atomic E-state index is 5.93. The van der Waals surface area contributed by atoms with E-state index in [0.29, 0.717) is 0 Å². The lowest BCUT2D eigenvalue weighted by molar-refractivity contribution is 0.807. The van der Waals surface area contributed by atoms with Crippen LogP contribution in [0.2, 0.25) is 0 Å². The molecule has 13 heavy (non-hydrogen) atoms. The van der Waals surface area contributed by atoms with Crippen molar-refractivity contribution in [1.82, 2.24) is 10.1 Å². The Morgan fingerprint density at radius 2 is 2.15 bits per heavy atom. The van der Waals surface area contributed by atoms with Crippen LogP contribution in [0, 0.1) is 0 Å². The van der Waals surface area contributed by atoms with Crippen LogP contribution < -0.4 is 16.7 Å². The van der Waals surface area contributed by atoms with E-state index < -0.39 is 0 Å². The summed E-state index contributed by atoms with van der Waals surface area (Å²) in [4.78, 5) is 0. The summed E-state index contributed by atoms with van der Waals surface area (Å²) in [7, 11) is 0.